The summed E-state index contributed by atoms with van der Waals surface area (Å²) in [6, 6.07) is 0. The molecule has 6 heteroatoms. The number of rotatable bonds is 7. The lowest BCUT2D eigenvalue weighted by atomic mass is 10.4. The highest BCUT2D eigenvalue weighted by atomic mass is 31.2. The first-order chi connectivity index (χ1) is 7.01. The van der Waals surface area contributed by atoms with Crippen molar-refractivity contribution in [1.29, 1.82) is 0 Å². The van der Waals surface area contributed by atoms with Crippen LogP contribution in [0.2, 0.25) is 0 Å². The highest BCUT2D eigenvalue weighted by Crippen LogP contribution is 2.56. The molecule has 88 valence electrons. The van der Waals surface area contributed by atoms with E-state index in [0.29, 0.717) is 6.42 Å². The fraction of sp³-hybridized carbons (Fsp3) is 0.667. The third kappa shape index (κ3) is 4.16. The molecule has 0 radical (unpaired) electrons. The summed E-state index contributed by atoms with van der Waals surface area (Å²) >= 11 is 0. The lowest BCUT2D eigenvalue weighted by Crippen LogP contribution is -2.07. The van der Waals surface area contributed by atoms with E-state index < -0.39 is 13.6 Å². The normalized spacial score (nSPS) is 12.9. The topological polar surface area (TPSA) is 72.8 Å². The van der Waals surface area contributed by atoms with Crippen molar-refractivity contribution in [3.05, 3.63) is 11.4 Å². The number of carboxylic acids is 1. The van der Waals surface area contributed by atoms with Crippen molar-refractivity contribution in [2.24, 2.45) is 0 Å². The number of allylic oxidation sites excluding steroid dienone is 1. The first-order valence-corrected chi connectivity index (χ1v) is 6.39. The Kier molecular flexibility index (Phi) is 6.48. The van der Waals surface area contributed by atoms with Gasteiger partial charge in [-0.1, -0.05) is 13.0 Å². The minimum atomic E-state index is -3.64. The van der Waals surface area contributed by atoms with Gasteiger partial charge in [-0.25, -0.2) is 4.79 Å². The molecule has 0 rings (SSSR count). The average molecular weight is 236 g/mol. The molecule has 15 heavy (non-hydrogen) atoms. The van der Waals surface area contributed by atoms with E-state index in [0.717, 1.165) is 0 Å². The fourth-order valence-electron chi connectivity index (χ4n) is 1.03. The Bertz CT molecular complexity index is 274. The fourth-order valence-corrected chi connectivity index (χ4v) is 2.70. The molecule has 0 aliphatic heterocycles. The SMILES string of the molecule is CCC=C(C(=O)O)P(=O)(OCC)OCC. The zero-order valence-electron chi connectivity index (χ0n) is 9.23. The Morgan fingerprint density at radius 3 is 2.00 bits per heavy atom. The number of carbonyl (C=O) groups is 1. The zero-order chi connectivity index (χ0) is 11.9. The van der Waals surface area contributed by atoms with Gasteiger partial charge in [-0.3, -0.25) is 4.57 Å². The molecule has 0 saturated carbocycles. The zero-order valence-corrected chi connectivity index (χ0v) is 10.1. The Hall–Kier alpha value is -0.640. The smallest absolute Gasteiger partial charge is 0.368 e. The molecule has 0 atom stereocenters. The molecule has 0 bridgehead atoms. The van der Waals surface area contributed by atoms with Gasteiger partial charge in [-0.2, -0.15) is 0 Å². The van der Waals surface area contributed by atoms with E-state index in [9.17, 15) is 9.36 Å². The van der Waals surface area contributed by atoms with Crippen LogP contribution in [0.1, 0.15) is 27.2 Å². The molecule has 5 nitrogen and oxygen atoms in total. The average Bonchev–Trinajstić information content (AvgIpc) is 2.14. The van der Waals surface area contributed by atoms with Gasteiger partial charge >= 0.3 is 13.6 Å². The van der Waals surface area contributed by atoms with E-state index in [1.807, 2.05) is 0 Å². The van der Waals surface area contributed by atoms with E-state index in [1.165, 1.54) is 6.08 Å². The summed E-state index contributed by atoms with van der Waals surface area (Å²) in [5.74, 6) is -1.26. The Morgan fingerprint density at radius 1 is 1.27 bits per heavy atom. The highest BCUT2D eigenvalue weighted by Gasteiger charge is 2.34. The predicted octanol–water partition coefficient (Wildman–Crippen LogP) is 2.63. The lowest BCUT2D eigenvalue weighted by Gasteiger charge is -2.17. The summed E-state index contributed by atoms with van der Waals surface area (Å²) in [5.41, 5.74) is 0. The molecule has 0 heterocycles. The second-order valence-electron chi connectivity index (χ2n) is 2.64. The summed E-state index contributed by atoms with van der Waals surface area (Å²) in [7, 11) is -3.64. The van der Waals surface area contributed by atoms with Gasteiger partial charge in [0.15, 0.2) is 0 Å². The highest BCUT2D eigenvalue weighted by molar-refractivity contribution is 7.59. The lowest BCUT2D eigenvalue weighted by molar-refractivity contribution is -0.132. The largest absolute Gasteiger partial charge is 0.477 e. The summed E-state index contributed by atoms with van der Waals surface area (Å²) in [4.78, 5) is 10.9. The molecule has 0 aromatic carbocycles. The number of carboxylic acid groups (broad SMARTS) is 1. The first kappa shape index (κ1) is 14.4. The van der Waals surface area contributed by atoms with Gasteiger partial charge in [-0.05, 0) is 20.3 Å². The first-order valence-electron chi connectivity index (χ1n) is 4.84. The molecule has 0 fully saturated rings. The predicted molar refractivity (Wildman–Crippen MR) is 56.9 cm³/mol. The van der Waals surface area contributed by atoms with E-state index in [2.05, 4.69) is 0 Å². The minimum Gasteiger partial charge on any atom is -0.477 e. The second-order valence-corrected chi connectivity index (χ2v) is 4.63. The summed E-state index contributed by atoms with van der Waals surface area (Å²) < 4.78 is 21.9. The standard InChI is InChI=1S/C9H17O5P/c1-4-7-8(9(10)11)15(12,13-5-2)14-6-3/h7H,4-6H2,1-3H3,(H,10,11). The summed E-state index contributed by atoms with van der Waals surface area (Å²) in [6.45, 7) is 5.32. The minimum absolute atomic E-state index is 0.144. The molecule has 0 aliphatic carbocycles. The second kappa shape index (κ2) is 6.77. The van der Waals surface area contributed by atoms with Gasteiger partial charge in [-0.15, -0.1) is 0 Å². The number of hydrogen-bond acceptors (Lipinski definition) is 4. The molecule has 0 aliphatic rings. The van der Waals surface area contributed by atoms with Crippen molar-refractivity contribution in [2.75, 3.05) is 13.2 Å². The van der Waals surface area contributed by atoms with Crippen LogP contribution in [0, 0.1) is 0 Å². The maximum absolute atomic E-state index is 12.1. The molecular formula is C9H17O5P. The molecule has 0 aromatic heterocycles. The van der Waals surface area contributed by atoms with Gasteiger partial charge in [0.25, 0.3) is 0 Å². The molecule has 0 saturated heterocycles. The van der Waals surface area contributed by atoms with Crippen molar-refractivity contribution >= 4 is 13.6 Å². The quantitative estimate of drug-likeness (QED) is 0.543. The van der Waals surface area contributed by atoms with E-state index in [-0.39, 0.29) is 18.5 Å². The van der Waals surface area contributed by atoms with E-state index >= 15 is 0 Å². The van der Waals surface area contributed by atoms with Crippen molar-refractivity contribution in [1.82, 2.24) is 0 Å². The van der Waals surface area contributed by atoms with Crippen LogP contribution in [0.4, 0.5) is 0 Å². The molecule has 1 N–H and O–H groups in total. The Balaban J connectivity index is 5.09. The van der Waals surface area contributed by atoms with Crippen molar-refractivity contribution in [3.63, 3.8) is 0 Å². The van der Waals surface area contributed by atoms with Gasteiger partial charge in [0, 0.05) is 0 Å². The molecule has 0 spiro atoms. The van der Waals surface area contributed by atoms with Crippen molar-refractivity contribution in [3.8, 4) is 0 Å². The van der Waals surface area contributed by atoms with Crippen LogP contribution in [0.15, 0.2) is 11.4 Å². The van der Waals surface area contributed by atoms with Crippen molar-refractivity contribution in [2.45, 2.75) is 27.2 Å². The monoisotopic (exact) mass is 236 g/mol. The maximum Gasteiger partial charge on any atom is 0.368 e. The maximum atomic E-state index is 12.1. The van der Waals surface area contributed by atoms with E-state index in [4.69, 9.17) is 14.2 Å². The third-order valence-corrected chi connectivity index (χ3v) is 3.67. The molecule has 0 amide bonds. The van der Waals surface area contributed by atoms with Crippen LogP contribution >= 0.6 is 7.60 Å². The van der Waals surface area contributed by atoms with Crippen LogP contribution in [-0.4, -0.2) is 24.3 Å². The van der Waals surface area contributed by atoms with Crippen LogP contribution in [0.3, 0.4) is 0 Å². The Labute approximate surface area is 89.6 Å². The van der Waals surface area contributed by atoms with Crippen LogP contribution in [0.5, 0.6) is 0 Å². The van der Waals surface area contributed by atoms with Gasteiger partial charge < -0.3 is 14.2 Å². The van der Waals surface area contributed by atoms with Crippen LogP contribution < -0.4 is 0 Å². The number of aliphatic carboxylic acids is 1. The van der Waals surface area contributed by atoms with Gasteiger partial charge in [0.05, 0.1) is 13.2 Å². The Morgan fingerprint density at radius 2 is 1.73 bits per heavy atom. The summed E-state index contributed by atoms with van der Waals surface area (Å²) in [5, 5.41) is 8.61. The van der Waals surface area contributed by atoms with Gasteiger partial charge in [0.2, 0.25) is 0 Å². The molecular weight excluding hydrogens is 219 g/mol. The third-order valence-electron chi connectivity index (χ3n) is 1.51. The van der Waals surface area contributed by atoms with Gasteiger partial charge in [0.1, 0.15) is 5.31 Å². The van der Waals surface area contributed by atoms with Crippen molar-refractivity contribution < 1.29 is 23.5 Å². The number of hydrogen-bond donors (Lipinski definition) is 1. The summed E-state index contributed by atoms with van der Waals surface area (Å²) in [6.07, 6.45) is 1.82. The van der Waals surface area contributed by atoms with Crippen LogP contribution in [0.25, 0.3) is 0 Å². The van der Waals surface area contributed by atoms with Crippen LogP contribution in [-0.2, 0) is 18.4 Å². The van der Waals surface area contributed by atoms with E-state index in [1.54, 1.807) is 20.8 Å². The molecule has 0 aromatic rings. The molecule has 0 unspecified atom stereocenters.